The number of hydrogen-bond donors (Lipinski definition) is 1. The Balaban J connectivity index is 1.69. The van der Waals surface area contributed by atoms with Crippen LogP contribution in [0.1, 0.15) is 50.2 Å². The van der Waals surface area contributed by atoms with E-state index in [1.807, 2.05) is 31.2 Å². The van der Waals surface area contributed by atoms with Crippen LogP contribution in [-0.2, 0) is 16.1 Å². The highest BCUT2D eigenvalue weighted by molar-refractivity contribution is 5.88. The zero-order valence-electron chi connectivity index (χ0n) is 19.3. The molecule has 172 valence electrons. The van der Waals surface area contributed by atoms with Crippen molar-refractivity contribution in [1.29, 1.82) is 0 Å². The van der Waals surface area contributed by atoms with E-state index in [2.05, 4.69) is 5.32 Å². The highest BCUT2D eigenvalue weighted by Gasteiger charge is 2.28. The molecule has 1 saturated carbocycles. The van der Waals surface area contributed by atoms with Crippen molar-refractivity contribution >= 4 is 11.8 Å². The largest absolute Gasteiger partial charge is 0.497 e. The fourth-order valence-electron chi connectivity index (χ4n) is 4.06. The molecular formula is C26H34N2O4. The molecule has 0 aliphatic heterocycles. The molecule has 6 heteroatoms. The number of benzene rings is 2. The number of amides is 2. The maximum atomic E-state index is 13.2. The number of hydrogen-bond acceptors (Lipinski definition) is 4. The van der Waals surface area contributed by atoms with Crippen LogP contribution >= 0.6 is 0 Å². The molecule has 2 aromatic carbocycles. The van der Waals surface area contributed by atoms with E-state index in [1.165, 1.54) is 6.42 Å². The first-order valence-corrected chi connectivity index (χ1v) is 11.4. The van der Waals surface area contributed by atoms with Gasteiger partial charge in [0, 0.05) is 12.6 Å². The smallest absolute Gasteiger partial charge is 0.261 e. The summed E-state index contributed by atoms with van der Waals surface area (Å²) in [6.45, 7) is 4.02. The maximum absolute atomic E-state index is 13.2. The summed E-state index contributed by atoms with van der Waals surface area (Å²) < 4.78 is 10.9. The number of ether oxygens (including phenoxy) is 2. The van der Waals surface area contributed by atoms with Crippen molar-refractivity contribution in [3.05, 3.63) is 59.7 Å². The van der Waals surface area contributed by atoms with Crippen LogP contribution in [0.2, 0.25) is 0 Å². The summed E-state index contributed by atoms with van der Waals surface area (Å²) >= 11 is 0. The maximum Gasteiger partial charge on any atom is 0.261 e. The quantitative estimate of drug-likeness (QED) is 0.636. The van der Waals surface area contributed by atoms with Crippen molar-refractivity contribution in [2.45, 2.75) is 64.6 Å². The van der Waals surface area contributed by atoms with Crippen LogP contribution in [0, 0.1) is 6.92 Å². The van der Waals surface area contributed by atoms with Gasteiger partial charge in [-0.3, -0.25) is 9.59 Å². The lowest BCUT2D eigenvalue weighted by molar-refractivity contribution is -0.142. The first kappa shape index (κ1) is 23.6. The molecule has 0 heterocycles. The minimum absolute atomic E-state index is 0.109. The predicted molar refractivity (Wildman–Crippen MR) is 125 cm³/mol. The molecule has 2 aromatic rings. The lowest BCUT2D eigenvalue weighted by Gasteiger charge is -2.31. The van der Waals surface area contributed by atoms with E-state index in [4.69, 9.17) is 9.47 Å². The van der Waals surface area contributed by atoms with Gasteiger partial charge >= 0.3 is 0 Å². The second-order valence-electron chi connectivity index (χ2n) is 8.49. The van der Waals surface area contributed by atoms with Crippen molar-refractivity contribution in [3.63, 3.8) is 0 Å². The molecule has 1 unspecified atom stereocenters. The number of nitrogens with one attached hydrogen (secondary N) is 1. The summed E-state index contributed by atoms with van der Waals surface area (Å²) in [5.74, 6) is 0.961. The topological polar surface area (TPSA) is 67.9 Å². The minimum Gasteiger partial charge on any atom is -0.497 e. The Morgan fingerprint density at radius 3 is 2.41 bits per heavy atom. The fraction of sp³-hybridized carbons (Fsp3) is 0.462. The van der Waals surface area contributed by atoms with Gasteiger partial charge in [-0.05, 0) is 56.5 Å². The third-order valence-electron chi connectivity index (χ3n) is 5.98. The molecule has 0 radical (unpaired) electrons. The number of methoxy groups -OCH3 is 1. The van der Waals surface area contributed by atoms with Crippen molar-refractivity contribution < 1.29 is 19.1 Å². The van der Waals surface area contributed by atoms with E-state index in [0.717, 1.165) is 42.6 Å². The molecule has 1 fully saturated rings. The predicted octanol–water partition coefficient (Wildman–Crippen LogP) is 4.25. The highest BCUT2D eigenvalue weighted by Crippen LogP contribution is 2.19. The second-order valence-corrected chi connectivity index (χ2v) is 8.49. The lowest BCUT2D eigenvalue weighted by Crippen LogP contribution is -2.51. The highest BCUT2D eigenvalue weighted by atomic mass is 16.5. The Morgan fingerprint density at radius 1 is 1.06 bits per heavy atom. The van der Waals surface area contributed by atoms with Gasteiger partial charge in [0.2, 0.25) is 5.91 Å². The SMILES string of the molecule is COc1ccc(OCC(=O)N(Cc2cccc(C)c2)C(C)C(=O)NC2CCCCC2)cc1. The molecule has 6 nitrogen and oxygen atoms in total. The molecule has 2 amide bonds. The van der Waals surface area contributed by atoms with Crippen LogP contribution in [-0.4, -0.2) is 42.5 Å². The van der Waals surface area contributed by atoms with Gasteiger partial charge in [-0.25, -0.2) is 0 Å². The molecule has 32 heavy (non-hydrogen) atoms. The second kappa shape index (κ2) is 11.6. The van der Waals surface area contributed by atoms with E-state index >= 15 is 0 Å². The molecule has 1 N–H and O–H groups in total. The third kappa shape index (κ3) is 6.74. The fourth-order valence-corrected chi connectivity index (χ4v) is 4.06. The van der Waals surface area contributed by atoms with Crippen LogP contribution in [0.25, 0.3) is 0 Å². The monoisotopic (exact) mass is 438 g/mol. The van der Waals surface area contributed by atoms with Gasteiger partial charge in [0.15, 0.2) is 6.61 Å². The van der Waals surface area contributed by atoms with E-state index in [1.54, 1.807) is 43.2 Å². The zero-order chi connectivity index (χ0) is 22.9. The van der Waals surface area contributed by atoms with Crippen molar-refractivity contribution in [1.82, 2.24) is 10.2 Å². The Kier molecular flexibility index (Phi) is 8.54. The molecule has 1 aliphatic carbocycles. The summed E-state index contributed by atoms with van der Waals surface area (Å²) in [6, 6.07) is 14.7. The van der Waals surface area contributed by atoms with Crippen LogP contribution in [0.15, 0.2) is 48.5 Å². The summed E-state index contributed by atoms with van der Waals surface area (Å²) in [6.07, 6.45) is 5.51. The Labute approximate surface area is 190 Å². The lowest BCUT2D eigenvalue weighted by atomic mass is 9.95. The zero-order valence-corrected chi connectivity index (χ0v) is 19.3. The summed E-state index contributed by atoms with van der Waals surface area (Å²) in [7, 11) is 1.60. The van der Waals surface area contributed by atoms with Gasteiger partial charge in [-0.1, -0.05) is 49.1 Å². The van der Waals surface area contributed by atoms with Gasteiger partial charge in [0.05, 0.1) is 7.11 Å². The summed E-state index contributed by atoms with van der Waals surface area (Å²) in [4.78, 5) is 27.8. The van der Waals surface area contributed by atoms with Gasteiger partial charge in [0.1, 0.15) is 17.5 Å². The van der Waals surface area contributed by atoms with Crippen LogP contribution in [0.3, 0.4) is 0 Å². The number of nitrogens with zero attached hydrogens (tertiary/aromatic N) is 1. The summed E-state index contributed by atoms with van der Waals surface area (Å²) in [5, 5.41) is 3.15. The third-order valence-corrected chi connectivity index (χ3v) is 5.98. The molecule has 1 aliphatic rings. The molecular weight excluding hydrogens is 404 g/mol. The van der Waals surface area contributed by atoms with Crippen molar-refractivity contribution in [2.75, 3.05) is 13.7 Å². The Hall–Kier alpha value is -3.02. The van der Waals surface area contributed by atoms with E-state index in [9.17, 15) is 9.59 Å². The van der Waals surface area contributed by atoms with Crippen LogP contribution in [0.5, 0.6) is 11.5 Å². The Bertz CT molecular complexity index is 891. The molecule has 0 aromatic heterocycles. The molecule has 1 atom stereocenters. The normalized spacial score (nSPS) is 15.0. The minimum atomic E-state index is -0.593. The standard InChI is InChI=1S/C26H34N2O4/c1-19-8-7-9-21(16-19)17-28(20(2)26(30)27-22-10-5-4-6-11-22)25(29)18-32-24-14-12-23(31-3)13-15-24/h7-9,12-16,20,22H,4-6,10-11,17-18H2,1-3H3,(H,27,30). The molecule has 3 rings (SSSR count). The average Bonchev–Trinajstić information content (AvgIpc) is 2.81. The van der Waals surface area contributed by atoms with Gasteiger partial charge in [-0.15, -0.1) is 0 Å². The first-order chi connectivity index (χ1) is 15.5. The average molecular weight is 439 g/mol. The van der Waals surface area contributed by atoms with Crippen LogP contribution < -0.4 is 14.8 Å². The number of rotatable bonds is 9. The first-order valence-electron chi connectivity index (χ1n) is 11.4. The van der Waals surface area contributed by atoms with E-state index < -0.39 is 6.04 Å². The van der Waals surface area contributed by atoms with Gasteiger partial charge in [0.25, 0.3) is 5.91 Å². The Morgan fingerprint density at radius 2 is 1.75 bits per heavy atom. The molecule has 0 bridgehead atoms. The molecule has 0 saturated heterocycles. The van der Waals surface area contributed by atoms with Crippen molar-refractivity contribution in [3.8, 4) is 11.5 Å². The number of carbonyl (C=O) groups is 2. The number of aryl methyl sites for hydroxylation is 1. The van der Waals surface area contributed by atoms with Gasteiger partial charge < -0.3 is 19.7 Å². The van der Waals surface area contributed by atoms with E-state index in [0.29, 0.717) is 12.3 Å². The van der Waals surface area contributed by atoms with Crippen molar-refractivity contribution in [2.24, 2.45) is 0 Å². The number of carbonyl (C=O) groups excluding carboxylic acids is 2. The van der Waals surface area contributed by atoms with E-state index in [-0.39, 0.29) is 24.5 Å². The summed E-state index contributed by atoms with van der Waals surface area (Å²) in [5.41, 5.74) is 2.10. The van der Waals surface area contributed by atoms with Gasteiger partial charge in [-0.2, -0.15) is 0 Å². The van der Waals surface area contributed by atoms with Crippen LogP contribution in [0.4, 0.5) is 0 Å². The molecule has 0 spiro atoms.